The third-order valence-electron chi connectivity index (χ3n) is 3.04. The van der Waals surface area contributed by atoms with Gasteiger partial charge in [0.2, 0.25) is 10.0 Å². The van der Waals surface area contributed by atoms with Crippen molar-refractivity contribution in [1.82, 2.24) is 9.21 Å². The van der Waals surface area contributed by atoms with Gasteiger partial charge in [-0.15, -0.1) is 0 Å². The lowest BCUT2D eigenvalue weighted by Gasteiger charge is -2.39. The van der Waals surface area contributed by atoms with Gasteiger partial charge in [-0.1, -0.05) is 0 Å². The molecule has 0 bridgehead atoms. The van der Waals surface area contributed by atoms with Crippen LogP contribution in [0.2, 0.25) is 0 Å². The van der Waals surface area contributed by atoms with Crippen molar-refractivity contribution >= 4 is 10.0 Å². The lowest BCUT2D eigenvalue weighted by atomic mass is 10.2. The van der Waals surface area contributed by atoms with Crippen molar-refractivity contribution < 1.29 is 8.42 Å². The van der Waals surface area contributed by atoms with E-state index < -0.39 is 14.8 Å². The van der Waals surface area contributed by atoms with Gasteiger partial charge < -0.3 is 4.90 Å². The highest BCUT2D eigenvalue weighted by atomic mass is 32.2. The number of rotatable bonds is 1. The van der Waals surface area contributed by atoms with E-state index in [4.69, 9.17) is 0 Å². The zero-order valence-corrected chi connectivity index (χ0v) is 11.1. The first-order valence-corrected chi connectivity index (χ1v) is 6.80. The molecule has 1 heterocycles. The minimum atomic E-state index is -3.15. The Kier molecular flexibility index (Phi) is 3.48. The van der Waals surface area contributed by atoms with Crippen molar-refractivity contribution in [2.45, 2.75) is 38.5 Å². The molecule has 15 heavy (non-hydrogen) atoms. The highest BCUT2D eigenvalue weighted by Gasteiger charge is 2.37. The molecule has 0 saturated carbocycles. The van der Waals surface area contributed by atoms with Gasteiger partial charge in [0.05, 0.1) is 4.75 Å². The Labute approximate surface area is 93.3 Å². The number of sulfonamides is 1. The van der Waals surface area contributed by atoms with Crippen LogP contribution in [0.3, 0.4) is 0 Å². The SMILES string of the molecule is C[C@H]1CN(S(=O)(=O)C(C)(C)C)CCN1C. The summed E-state index contributed by atoms with van der Waals surface area (Å²) in [5.74, 6) is 0. The second-order valence-electron chi connectivity index (χ2n) is 5.31. The Morgan fingerprint density at radius 1 is 1.20 bits per heavy atom. The Morgan fingerprint density at radius 2 is 1.73 bits per heavy atom. The van der Waals surface area contributed by atoms with Crippen LogP contribution in [0.5, 0.6) is 0 Å². The molecule has 5 heteroatoms. The molecular weight excluding hydrogens is 212 g/mol. The standard InChI is InChI=1S/C10H22N2O2S/c1-9-8-12(7-6-11(9)5)15(13,14)10(2,3)4/h9H,6-8H2,1-5H3/t9-/m0/s1. The molecule has 90 valence electrons. The maximum Gasteiger partial charge on any atom is 0.219 e. The summed E-state index contributed by atoms with van der Waals surface area (Å²) in [7, 11) is -1.12. The fourth-order valence-corrected chi connectivity index (χ4v) is 3.13. The van der Waals surface area contributed by atoms with Gasteiger partial charge in [-0.3, -0.25) is 0 Å². The fourth-order valence-electron chi connectivity index (χ4n) is 1.62. The van der Waals surface area contributed by atoms with Gasteiger partial charge in [0.15, 0.2) is 0 Å². The number of likely N-dealkylation sites (N-methyl/N-ethyl adjacent to an activating group) is 1. The van der Waals surface area contributed by atoms with Gasteiger partial charge in [-0.25, -0.2) is 8.42 Å². The Morgan fingerprint density at radius 3 is 2.13 bits per heavy atom. The van der Waals surface area contributed by atoms with E-state index in [1.165, 1.54) is 0 Å². The first-order chi connectivity index (χ1) is 6.66. The molecule has 0 aromatic rings. The molecule has 0 aromatic carbocycles. The second-order valence-corrected chi connectivity index (χ2v) is 8.00. The summed E-state index contributed by atoms with van der Waals surface area (Å²) >= 11 is 0. The van der Waals surface area contributed by atoms with Crippen LogP contribution in [0.1, 0.15) is 27.7 Å². The van der Waals surface area contributed by atoms with Crippen LogP contribution in [0, 0.1) is 0 Å². The average molecular weight is 234 g/mol. The fraction of sp³-hybridized carbons (Fsp3) is 1.00. The highest BCUT2D eigenvalue weighted by molar-refractivity contribution is 7.90. The molecule has 1 atom stereocenters. The quantitative estimate of drug-likeness (QED) is 0.672. The number of nitrogens with zero attached hydrogens (tertiary/aromatic N) is 2. The van der Waals surface area contributed by atoms with Gasteiger partial charge >= 0.3 is 0 Å². The molecule has 1 fully saturated rings. The van der Waals surface area contributed by atoms with Crippen LogP contribution in [0.25, 0.3) is 0 Å². The molecular formula is C10H22N2O2S. The first kappa shape index (κ1) is 12.9. The first-order valence-electron chi connectivity index (χ1n) is 5.36. The Balaban J connectivity index is 2.83. The summed E-state index contributed by atoms with van der Waals surface area (Å²) in [4.78, 5) is 2.19. The van der Waals surface area contributed by atoms with Crippen LogP contribution < -0.4 is 0 Å². The summed E-state index contributed by atoms with van der Waals surface area (Å²) in [5.41, 5.74) is 0. The van der Waals surface area contributed by atoms with Gasteiger partial charge in [0.1, 0.15) is 0 Å². The lowest BCUT2D eigenvalue weighted by molar-refractivity contribution is 0.158. The van der Waals surface area contributed by atoms with Crippen molar-refractivity contribution in [2.75, 3.05) is 26.7 Å². The maximum absolute atomic E-state index is 12.2. The third kappa shape index (κ3) is 2.52. The minimum absolute atomic E-state index is 0.302. The number of hydrogen-bond donors (Lipinski definition) is 0. The molecule has 0 spiro atoms. The molecule has 0 N–H and O–H groups in total. The van der Waals surface area contributed by atoms with E-state index in [1.807, 2.05) is 7.05 Å². The van der Waals surface area contributed by atoms with Crippen LogP contribution in [0.15, 0.2) is 0 Å². The van der Waals surface area contributed by atoms with Crippen LogP contribution in [0.4, 0.5) is 0 Å². The molecule has 1 aliphatic rings. The van der Waals surface area contributed by atoms with E-state index in [2.05, 4.69) is 11.8 Å². The average Bonchev–Trinajstić information content (AvgIpc) is 2.07. The Bertz CT molecular complexity index is 319. The van der Waals surface area contributed by atoms with Gasteiger partial charge in [-0.2, -0.15) is 4.31 Å². The largest absolute Gasteiger partial charge is 0.301 e. The van der Waals surface area contributed by atoms with Gasteiger partial charge in [0, 0.05) is 25.7 Å². The lowest BCUT2D eigenvalue weighted by Crippen LogP contribution is -2.55. The molecule has 0 aliphatic carbocycles. The monoisotopic (exact) mass is 234 g/mol. The number of hydrogen-bond acceptors (Lipinski definition) is 3. The summed E-state index contributed by atoms with van der Waals surface area (Å²) in [5, 5.41) is 0. The van der Waals surface area contributed by atoms with E-state index >= 15 is 0 Å². The molecule has 0 aromatic heterocycles. The van der Waals surface area contributed by atoms with Crippen molar-refractivity contribution in [3.63, 3.8) is 0 Å². The smallest absolute Gasteiger partial charge is 0.219 e. The predicted octanol–water partition coefficient (Wildman–Crippen LogP) is 0.751. The van der Waals surface area contributed by atoms with Gasteiger partial charge in [0.25, 0.3) is 0 Å². The van der Waals surface area contributed by atoms with E-state index in [0.29, 0.717) is 19.1 Å². The molecule has 1 rings (SSSR count). The second kappa shape index (κ2) is 4.03. The maximum atomic E-state index is 12.2. The molecule has 1 aliphatic heterocycles. The van der Waals surface area contributed by atoms with E-state index in [-0.39, 0.29) is 0 Å². The molecule has 4 nitrogen and oxygen atoms in total. The number of piperazine rings is 1. The van der Waals surface area contributed by atoms with Crippen molar-refractivity contribution in [3.8, 4) is 0 Å². The van der Waals surface area contributed by atoms with Crippen LogP contribution in [-0.4, -0.2) is 55.1 Å². The highest BCUT2D eigenvalue weighted by Crippen LogP contribution is 2.22. The van der Waals surface area contributed by atoms with Crippen molar-refractivity contribution in [3.05, 3.63) is 0 Å². The van der Waals surface area contributed by atoms with E-state index in [0.717, 1.165) is 6.54 Å². The summed E-state index contributed by atoms with van der Waals surface area (Å²) < 4.78 is 25.3. The normalized spacial score (nSPS) is 26.9. The zero-order valence-electron chi connectivity index (χ0n) is 10.3. The van der Waals surface area contributed by atoms with E-state index in [9.17, 15) is 8.42 Å². The summed E-state index contributed by atoms with van der Waals surface area (Å²) in [6, 6.07) is 0.302. The van der Waals surface area contributed by atoms with Crippen molar-refractivity contribution in [1.29, 1.82) is 0 Å². The topological polar surface area (TPSA) is 40.6 Å². The van der Waals surface area contributed by atoms with Gasteiger partial charge in [-0.05, 0) is 34.7 Å². The molecule has 0 radical (unpaired) electrons. The van der Waals surface area contributed by atoms with Crippen molar-refractivity contribution in [2.24, 2.45) is 0 Å². The Hall–Kier alpha value is -0.130. The summed E-state index contributed by atoms with van der Waals surface area (Å²) in [6.07, 6.45) is 0. The zero-order chi connectivity index (χ0) is 11.9. The van der Waals surface area contributed by atoms with Crippen LogP contribution in [-0.2, 0) is 10.0 Å². The van der Waals surface area contributed by atoms with E-state index in [1.54, 1.807) is 25.1 Å². The minimum Gasteiger partial charge on any atom is -0.301 e. The summed E-state index contributed by atoms with van der Waals surface area (Å²) in [6.45, 7) is 9.36. The third-order valence-corrected chi connectivity index (χ3v) is 5.60. The molecule has 0 amide bonds. The predicted molar refractivity (Wildman–Crippen MR) is 62.3 cm³/mol. The van der Waals surface area contributed by atoms with Crippen LogP contribution >= 0.6 is 0 Å². The molecule has 0 unspecified atom stereocenters. The molecule has 1 saturated heterocycles.